The van der Waals surface area contributed by atoms with Crippen LogP contribution in [0.5, 0.6) is 11.5 Å². The van der Waals surface area contributed by atoms with Gasteiger partial charge in [-0.2, -0.15) is 10.1 Å². The van der Waals surface area contributed by atoms with Gasteiger partial charge in [-0.25, -0.2) is 0 Å². The minimum atomic E-state index is -0.0367. The third kappa shape index (κ3) is 3.85. The molecular weight excluding hydrogens is 408 g/mol. The molecule has 2 aromatic heterocycles. The Morgan fingerprint density at radius 3 is 2.72 bits per heavy atom. The van der Waals surface area contributed by atoms with E-state index in [1.54, 1.807) is 7.11 Å². The fourth-order valence-electron chi connectivity index (χ4n) is 3.74. The molecule has 1 atom stereocenters. The number of methoxy groups -OCH3 is 1. The number of hydrogen-bond donors (Lipinski definition) is 0. The van der Waals surface area contributed by atoms with Crippen molar-refractivity contribution in [2.75, 3.05) is 13.7 Å². The van der Waals surface area contributed by atoms with Crippen molar-refractivity contribution in [1.29, 1.82) is 0 Å². The molecule has 1 unspecified atom stereocenters. The fourth-order valence-corrected chi connectivity index (χ4v) is 3.74. The molecule has 0 saturated heterocycles. The maximum absolute atomic E-state index is 6.06. The average molecular weight is 432 g/mol. The van der Waals surface area contributed by atoms with E-state index in [0.29, 0.717) is 48.7 Å². The van der Waals surface area contributed by atoms with Crippen LogP contribution in [-0.2, 0) is 17.9 Å². The maximum Gasteiger partial charge on any atom is 0.278 e. The van der Waals surface area contributed by atoms with E-state index in [0.717, 1.165) is 16.8 Å². The highest BCUT2D eigenvalue weighted by atomic mass is 16.5. The molecule has 0 N–H and O–H groups in total. The number of hydrogen-bond acceptors (Lipinski definition) is 7. The highest BCUT2D eigenvalue weighted by molar-refractivity contribution is 5.62. The third-order valence-corrected chi connectivity index (χ3v) is 5.45. The Balaban J connectivity index is 1.38. The second-order valence-corrected chi connectivity index (χ2v) is 7.64. The summed E-state index contributed by atoms with van der Waals surface area (Å²) >= 11 is 0. The van der Waals surface area contributed by atoms with Crippen LogP contribution in [0.4, 0.5) is 0 Å². The molecule has 32 heavy (non-hydrogen) atoms. The van der Waals surface area contributed by atoms with Crippen LogP contribution in [-0.4, -0.2) is 33.6 Å². The molecule has 0 bridgehead atoms. The molecule has 0 radical (unpaired) electrons. The van der Waals surface area contributed by atoms with Crippen LogP contribution in [0.3, 0.4) is 0 Å². The molecule has 164 valence electrons. The van der Waals surface area contributed by atoms with Gasteiger partial charge in [-0.3, -0.25) is 4.68 Å². The van der Waals surface area contributed by atoms with Crippen molar-refractivity contribution in [2.45, 2.75) is 33.1 Å². The smallest absolute Gasteiger partial charge is 0.278 e. The number of fused-ring (bicyclic) bond motifs is 1. The first-order chi connectivity index (χ1) is 15.6. The lowest BCUT2D eigenvalue weighted by Crippen LogP contribution is -2.21. The number of rotatable bonds is 6. The zero-order valence-electron chi connectivity index (χ0n) is 18.2. The minimum Gasteiger partial charge on any atom is -0.493 e. The summed E-state index contributed by atoms with van der Waals surface area (Å²) in [6, 6.07) is 15.9. The lowest BCUT2D eigenvalue weighted by molar-refractivity contribution is -0.00113. The van der Waals surface area contributed by atoms with Crippen LogP contribution in [0, 0.1) is 6.92 Å². The normalized spacial score (nSPS) is 15.4. The van der Waals surface area contributed by atoms with Crippen molar-refractivity contribution in [2.24, 2.45) is 0 Å². The minimum absolute atomic E-state index is 0.0367. The van der Waals surface area contributed by atoms with Gasteiger partial charge in [0.1, 0.15) is 6.10 Å². The number of aryl methyl sites for hydroxylation is 1. The van der Waals surface area contributed by atoms with Crippen LogP contribution in [0.2, 0.25) is 0 Å². The Labute approximate surface area is 185 Å². The SMILES string of the molecule is CCOc1cc(-c2noc(-c3cc4n(n3)CC(c3ccc(C)cc3)OC4)n2)ccc1OC. The van der Waals surface area contributed by atoms with E-state index < -0.39 is 0 Å². The van der Waals surface area contributed by atoms with E-state index in [-0.39, 0.29) is 6.10 Å². The third-order valence-electron chi connectivity index (χ3n) is 5.45. The van der Waals surface area contributed by atoms with Crippen molar-refractivity contribution < 1.29 is 18.7 Å². The molecule has 8 heteroatoms. The van der Waals surface area contributed by atoms with Gasteiger partial charge in [-0.05, 0) is 43.7 Å². The topological polar surface area (TPSA) is 84.4 Å². The Morgan fingerprint density at radius 1 is 1.09 bits per heavy atom. The van der Waals surface area contributed by atoms with E-state index in [2.05, 4.69) is 41.3 Å². The van der Waals surface area contributed by atoms with E-state index in [1.165, 1.54) is 5.56 Å². The molecule has 4 aromatic rings. The van der Waals surface area contributed by atoms with Gasteiger partial charge in [0.05, 0.1) is 32.6 Å². The summed E-state index contributed by atoms with van der Waals surface area (Å²) in [5, 5.41) is 8.82. The summed E-state index contributed by atoms with van der Waals surface area (Å²) in [5.41, 5.74) is 4.75. The highest BCUT2D eigenvalue weighted by Crippen LogP contribution is 2.33. The number of ether oxygens (including phenoxy) is 3. The molecule has 8 nitrogen and oxygen atoms in total. The summed E-state index contributed by atoms with van der Waals surface area (Å²) in [4.78, 5) is 4.55. The lowest BCUT2D eigenvalue weighted by atomic mass is 10.1. The molecule has 0 amide bonds. The van der Waals surface area contributed by atoms with Gasteiger partial charge in [-0.1, -0.05) is 35.0 Å². The molecule has 5 rings (SSSR count). The molecule has 0 fully saturated rings. The van der Waals surface area contributed by atoms with Gasteiger partial charge in [0.2, 0.25) is 5.82 Å². The first-order valence-corrected chi connectivity index (χ1v) is 10.5. The Bertz CT molecular complexity index is 1230. The van der Waals surface area contributed by atoms with Gasteiger partial charge >= 0.3 is 0 Å². The average Bonchev–Trinajstić information content (AvgIpc) is 3.46. The Morgan fingerprint density at radius 2 is 1.94 bits per heavy atom. The fraction of sp³-hybridized carbons (Fsp3) is 0.292. The second-order valence-electron chi connectivity index (χ2n) is 7.64. The molecule has 0 aliphatic carbocycles. The first-order valence-electron chi connectivity index (χ1n) is 10.5. The van der Waals surface area contributed by atoms with Crippen molar-refractivity contribution in [3.05, 3.63) is 65.4 Å². The number of nitrogens with zero attached hydrogens (tertiary/aromatic N) is 4. The summed E-state index contributed by atoms with van der Waals surface area (Å²) in [6.07, 6.45) is -0.0367. The number of aromatic nitrogens is 4. The molecule has 2 aromatic carbocycles. The van der Waals surface area contributed by atoms with Gasteiger partial charge in [0.25, 0.3) is 5.89 Å². The van der Waals surface area contributed by atoms with E-state index in [1.807, 2.05) is 35.9 Å². The van der Waals surface area contributed by atoms with Gasteiger partial charge in [0.15, 0.2) is 17.2 Å². The zero-order valence-corrected chi connectivity index (χ0v) is 18.2. The van der Waals surface area contributed by atoms with E-state index in [4.69, 9.17) is 23.8 Å². The monoisotopic (exact) mass is 432 g/mol. The number of benzene rings is 2. The highest BCUT2D eigenvalue weighted by Gasteiger charge is 2.24. The van der Waals surface area contributed by atoms with E-state index >= 15 is 0 Å². The summed E-state index contributed by atoms with van der Waals surface area (Å²) < 4.78 is 24.5. The molecule has 1 aliphatic heterocycles. The van der Waals surface area contributed by atoms with Crippen LogP contribution in [0.15, 0.2) is 53.1 Å². The first kappa shape index (κ1) is 20.3. The summed E-state index contributed by atoms with van der Waals surface area (Å²) in [5.74, 6) is 2.12. The largest absolute Gasteiger partial charge is 0.493 e. The zero-order chi connectivity index (χ0) is 22.1. The Kier molecular flexibility index (Phi) is 5.36. The van der Waals surface area contributed by atoms with E-state index in [9.17, 15) is 0 Å². The van der Waals surface area contributed by atoms with Crippen molar-refractivity contribution >= 4 is 0 Å². The van der Waals surface area contributed by atoms with Crippen LogP contribution in [0.1, 0.15) is 29.8 Å². The summed E-state index contributed by atoms with van der Waals surface area (Å²) in [6.45, 7) is 5.64. The van der Waals surface area contributed by atoms with Crippen LogP contribution < -0.4 is 9.47 Å². The van der Waals surface area contributed by atoms with Crippen molar-refractivity contribution in [3.63, 3.8) is 0 Å². The quantitative estimate of drug-likeness (QED) is 0.441. The Hall–Kier alpha value is -3.65. The van der Waals surface area contributed by atoms with Gasteiger partial charge in [-0.15, -0.1) is 0 Å². The molecule has 0 spiro atoms. The summed E-state index contributed by atoms with van der Waals surface area (Å²) in [7, 11) is 1.61. The van der Waals surface area contributed by atoms with Crippen molar-refractivity contribution in [3.8, 4) is 34.5 Å². The molecule has 1 aliphatic rings. The lowest BCUT2D eigenvalue weighted by Gasteiger charge is -2.24. The van der Waals surface area contributed by atoms with Crippen LogP contribution >= 0.6 is 0 Å². The van der Waals surface area contributed by atoms with Crippen molar-refractivity contribution in [1.82, 2.24) is 19.9 Å². The predicted octanol–water partition coefficient (Wildman–Crippen LogP) is 4.59. The molecule has 3 heterocycles. The standard InChI is InChI=1S/C24H24N4O4/c1-4-30-21-11-17(9-10-20(21)29-3)23-25-24(32-27-23)19-12-18-14-31-22(13-28(18)26-19)16-7-5-15(2)6-8-16/h5-12,22H,4,13-14H2,1-3H3. The maximum atomic E-state index is 6.06. The predicted molar refractivity (Wildman–Crippen MR) is 117 cm³/mol. The van der Waals surface area contributed by atoms with Gasteiger partial charge < -0.3 is 18.7 Å². The molecular formula is C24H24N4O4. The molecule has 0 saturated carbocycles. The second kappa shape index (κ2) is 8.47. The van der Waals surface area contributed by atoms with Crippen LogP contribution in [0.25, 0.3) is 23.0 Å². The van der Waals surface area contributed by atoms with Gasteiger partial charge in [0, 0.05) is 5.56 Å².